The Labute approximate surface area is 112 Å². The van der Waals surface area contributed by atoms with Gasteiger partial charge in [0, 0.05) is 18.1 Å². The summed E-state index contributed by atoms with van der Waals surface area (Å²) in [4.78, 5) is 22.9. The van der Waals surface area contributed by atoms with Crippen LogP contribution in [0.25, 0.3) is 0 Å². The molecule has 0 heterocycles. The van der Waals surface area contributed by atoms with Crippen molar-refractivity contribution in [2.75, 3.05) is 17.7 Å². The minimum absolute atomic E-state index is 0.407. The third-order valence-electron chi connectivity index (χ3n) is 2.42. The zero-order chi connectivity index (χ0) is 13.4. The highest BCUT2D eigenvalue weighted by molar-refractivity contribution is 6.39. The fraction of sp³-hybridized carbons (Fsp3) is 0.385. The number of halogens is 1. The summed E-state index contributed by atoms with van der Waals surface area (Å²) in [6.45, 7) is 2.46. The quantitative estimate of drug-likeness (QED) is 0.487. The van der Waals surface area contributed by atoms with Crippen LogP contribution >= 0.6 is 11.6 Å². The van der Waals surface area contributed by atoms with Crippen LogP contribution < -0.4 is 10.6 Å². The van der Waals surface area contributed by atoms with E-state index in [4.69, 9.17) is 11.6 Å². The van der Waals surface area contributed by atoms with E-state index in [1.54, 1.807) is 12.1 Å². The molecule has 2 amide bonds. The van der Waals surface area contributed by atoms with Gasteiger partial charge in [-0.15, -0.1) is 11.6 Å². The second-order valence-electron chi connectivity index (χ2n) is 3.80. The highest BCUT2D eigenvalue weighted by Crippen LogP contribution is 2.09. The van der Waals surface area contributed by atoms with E-state index in [0.717, 1.165) is 6.42 Å². The van der Waals surface area contributed by atoms with E-state index in [2.05, 4.69) is 17.6 Å². The van der Waals surface area contributed by atoms with Gasteiger partial charge in [0.2, 0.25) is 0 Å². The second kappa shape index (κ2) is 7.71. The largest absolute Gasteiger partial charge is 0.348 e. The van der Waals surface area contributed by atoms with E-state index in [-0.39, 0.29) is 0 Å². The molecule has 0 fully saturated rings. The highest BCUT2D eigenvalue weighted by atomic mass is 35.5. The lowest BCUT2D eigenvalue weighted by Crippen LogP contribution is -2.36. The van der Waals surface area contributed by atoms with Gasteiger partial charge in [0.25, 0.3) is 0 Å². The lowest BCUT2D eigenvalue weighted by Gasteiger charge is -2.06. The van der Waals surface area contributed by atoms with E-state index < -0.39 is 11.8 Å². The average molecular weight is 269 g/mol. The summed E-state index contributed by atoms with van der Waals surface area (Å²) in [6.07, 6.45) is 1.58. The Kier molecular flexibility index (Phi) is 6.22. The molecule has 98 valence electrons. The van der Waals surface area contributed by atoms with Crippen molar-refractivity contribution in [1.29, 1.82) is 0 Å². The maximum Gasteiger partial charge on any atom is 0.313 e. The fourth-order valence-corrected chi connectivity index (χ4v) is 1.49. The Balaban J connectivity index is 2.45. The lowest BCUT2D eigenvalue weighted by molar-refractivity contribution is -0.136. The van der Waals surface area contributed by atoms with Gasteiger partial charge in [0.05, 0.1) is 0 Å². The van der Waals surface area contributed by atoms with Crippen LogP contribution in [-0.4, -0.2) is 24.2 Å². The van der Waals surface area contributed by atoms with Crippen molar-refractivity contribution in [1.82, 2.24) is 5.32 Å². The number of carbonyl (C=O) groups excluding carboxylic acids is 2. The van der Waals surface area contributed by atoms with Crippen molar-refractivity contribution >= 4 is 29.1 Å². The number of aryl methyl sites for hydroxylation is 1. The number of alkyl halides is 1. The molecule has 0 spiro atoms. The Morgan fingerprint density at radius 3 is 2.39 bits per heavy atom. The summed E-state index contributed by atoms with van der Waals surface area (Å²) < 4.78 is 0. The molecule has 0 aliphatic rings. The number of carbonyl (C=O) groups is 2. The molecule has 0 radical (unpaired) electrons. The molecular formula is C13H17ClN2O2. The molecule has 5 heteroatoms. The Hall–Kier alpha value is -1.55. The van der Waals surface area contributed by atoms with Gasteiger partial charge in [-0.1, -0.05) is 19.1 Å². The van der Waals surface area contributed by atoms with E-state index in [0.29, 0.717) is 24.5 Å². The van der Waals surface area contributed by atoms with E-state index in [1.807, 2.05) is 12.1 Å². The van der Waals surface area contributed by atoms with Crippen molar-refractivity contribution in [3.05, 3.63) is 29.8 Å². The molecule has 1 rings (SSSR count). The summed E-state index contributed by atoms with van der Waals surface area (Å²) in [6, 6.07) is 7.40. The first kappa shape index (κ1) is 14.5. The molecule has 0 saturated carbocycles. The molecule has 0 aliphatic carbocycles. The van der Waals surface area contributed by atoms with Crippen LogP contribution in [-0.2, 0) is 16.0 Å². The zero-order valence-electron chi connectivity index (χ0n) is 10.3. The lowest BCUT2D eigenvalue weighted by atomic mass is 10.1. The Morgan fingerprint density at radius 1 is 1.17 bits per heavy atom. The molecule has 18 heavy (non-hydrogen) atoms. The molecule has 0 unspecified atom stereocenters. The van der Waals surface area contributed by atoms with E-state index in [1.165, 1.54) is 5.56 Å². The Morgan fingerprint density at radius 2 is 1.83 bits per heavy atom. The monoisotopic (exact) mass is 268 g/mol. The first-order valence-electron chi connectivity index (χ1n) is 5.91. The van der Waals surface area contributed by atoms with Crippen LogP contribution in [0.3, 0.4) is 0 Å². The molecule has 0 saturated heterocycles. The van der Waals surface area contributed by atoms with Gasteiger partial charge in [-0.2, -0.15) is 0 Å². The molecule has 0 aromatic heterocycles. The Bertz CT molecular complexity index is 404. The summed E-state index contributed by atoms with van der Waals surface area (Å²) >= 11 is 5.47. The van der Waals surface area contributed by atoms with Gasteiger partial charge in [-0.05, 0) is 30.5 Å². The highest BCUT2D eigenvalue weighted by Gasteiger charge is 2.12. The van der Waals surface area contributed by atoms with Gasteiger partial charge in [-0.3, -0.25) is 9.59 Å². The van der Waals surface area contributed by atoms with Crippen LogP contribution in [0.1, 0.15) is 18.9 Å². The predicted octanol–water partition coefficient (Wildman–Crippen LogP) is 1.93. The first-order chi connectivity index (χ1) is 8.67. The van der Waals surface area contributed by atoms with Gasteiger partial charge in [0.15, 0.2) is 0 Å². The average Bonchev–Trinajstić information content (AvgIpc) is 2.39. The van der Waals surface area contributed by atoms with Crippen LogP contribution in [0.15, 0.2) is 24.3 Å². The van der Waals surface area contributed by atoms with E-state index >= 15 is 0 Å². The maximum atomic E-state index is 11.5. The maximum absolute atomic E-state index is 11.5. The van der Waals surface area contributed by atoms with Crippen molar-refractivity contribution in [2.24, 2.45) is 0 Å². The fourth-order valence-electron chi connectivity index (χ4n) is 1.36. The zero-order valence-corrected chi connectivity index (χ0v) is 11.1. The molecule has 0 atom stereocenters. The third-order valence-corrected chi connectivity index (χ3v) is 2.69. The van der Waals surface area contributed by atoms with Crippen LogP contribution in [0.4, 0.5) is 5.69 Å². The topological polar surface area (TPSA) is 58.2 Å². The van der Waals surface area contributed by atoms with Crippen molar-refractivity contribution < 1.29 is 9.59 Å². The van der Waals surface area contributed by atoms with Gasteiger partial charge in [-0.25, -0.2) is 0 Å². The van der Waals surface area contributed by atoms with Crippen LogP contribution in [0, 0.1) is 0 Å². The van der Waals surface area contributed by atoms with Gasteiger partial charge in [0.1, 0.15) is 0 Å². The number of hydrogen-bond acceptors (Lipinski definition) is 2. The normalized spacial score (nSPS) is 9.89. The molecule has 1 aromatic rings. The minimum Gasteiger partial charge on any atom is -0.348 e. The molecule has 0 bridgehead atoms. The number of nitrogens with one attached hydrogen (secondary N) is 2. The molecule has 4 nitrogen and oxygen atoms in total. The smallest absolute Gasteiger partial charge is 0.313 e. The molecule has 2 N–H and O–H groups in total. The van der Waals surface area contributed by atoms with Gasteiger partial charge < -0.3 is 10.6 Å². The SMILES string of the molecule is CCc1ccc(NC(=O)C(=O)NCCCCl)cc1. The number of rotatable bonds is 5. The number of benzene rings is 1. The number of hydrogen-bond donors (Lipinski definition) is 2. The van der Waals surface area contributed by atoms with Crippen LogP contribution in [0.5, 0.6) is 0 Å². The molecular weight excluding hydrogens is 252 g/mol. The minimum atomic E-state index is -0.658. The summed E-state index contributed by atoms with van der Waals surface area (Å²) in [7, 11) is 0. The standard InChI is InChI=1S/C13H17ClN2O2/c1-2-10-4-6-11(7-5-10)16-13(18)12(17)15-9-3-8-14/h4-7H,2-3,8-9H2,1H3,(H,15,17)(H,16,18). The number of amides is 2. The third kappa shape index (κ3) is 4.75. The summed E-state index contributed by atoms with van der Waals surface area (Å²) in [5, 5.41) is 5.03. The van der Waals surface area contributed by atoms with E-state index in [9.17, 15) is 9.59 Å². The molecule has 0 aliphatic heterocycles. The summed E-state index contributed by atoms with van der Waals surface area (Å²) in [5.74, 6) is -0.839. The number of anilines is 1. The first-order valence-corrected chi connectivity index (χ1v) is 6.45. The molecule has 1 aromatic carbocycles. The second-order valence-corrected chi connectivity index (χ2v) is 4.18. The van der Waals surface area contributed by atoms with Crippen molar-refractivity contribution in [2.45, 2.75) is 19.8 Å². The van der Waals surface area contributed by atoms with Crippen molar-refractivity contribution in [3.63, 3.8) is 0 Å². The van der Waals surface area contributed by atoms with Crippen molar-refractivity contribution in [3.8, 4) is 0 Å². The predicted molar refractivity (Wildman–Crippen MR) is 72.8 cm³/mol. The summed E-state index contributed by atoms with van der Waals surface area (Å²) in [5.41, 5.74) is 1.80. The van der Waals surface area contributed by atoms with Crippen LogP contribution in [0.2, 0.25) is 0 Å². The van der Waals surface area contributed by atoms with Gasteiger partial charge >= 0.3 is 11.8 Å².